The standard InChI is InChI=1S/C58H50O20/c1-3-49(59)67-25-5-7-27-69-57(65)75-45-23-17-37-29-41(11-9-39(37)31-45)55(63)73-43-19-13-35(14-20-43)53(61)77-47-33-71-52-48(34-72-51(47)52)78-54(62)36-15-21-44(22-16-36)74-56(64)42-12-10-40-32-46(24-18-38(40)30-42)76-58(66)70-28-8-6-26-68-50(60)4-2/h3-4,9-24,29-32,47-48,51-52H,1-2,5-8,25-28,33-34H2/t47-,48?,51?,52?/m1/s1. The van der Waals surface area contributed by atoms with Gasteiger partial charge in [-0.15, -0.1) is 0 Å². The molecule has 2 heterocycles. The van der Waals surface area contributed by atoms with Gasteiger partial charge in [0, 0.05) is 12.2 Å². The van der Waals surface area contributed by atoms with Crippen LogP contribution < -0.4 is 18.9 Å². The lowest BCUT2D eigenvalue weighted by Crippen LogP contribution is -2.36. The molecule has 402 valence electrons. The number of benzene rings is 6. The van der Waals surface area contributed by atoms with Crippen LogP contribution in [0.15, 0.2) is 147 Å². The van der Waals surface area contributed by atoms with Crippen LogP contribution in [0.2, 0.25) is 0 Å². The van der Waals surface area contributed by atoms with Crippen molar-refractivity contribution < 1.29 is 95.2 Å². The maximum atomic E-state index is 13.2. The summed E-state index contributed by atoms with van der Waals surface area (Å²) in [6.45, 7) is 7.12. The van der Waals surface area contributed by atoms with Crippen LogP contribution in [0.1, 0.15) is 67.1 Å². The first kappa shape index (κ1) is 54.8. The highest BCUT2D eigenvalue weighted by molar-refractivity contribution is 5.98. The number of hydrogen-bond donors (Lipinski definition) is 0. The van der Waals surface area contributed by atoms with E-state index in [4.69, 9.17) is 56.8 Å². The zero-order valence-corrected chi connectivity index (χ0v) is 41.7. The zero-order valence-electron chi connectivity index (χ0n) is 41.7. The Balaban J connectivity index is 0.743. The first-order valence-corrected chi connectivity index (χ1v) is 24.5. The lowest BCUT2D eigenvalue weighted by molar-refractivity contribution is -0.138. The van der Waals surface area contributed by atoms with Crippen molar-refractivity contribution in [3.05, 3.63) is 169 Å². The van der Waals surface area contributed by atoms with Crippen molar-refractivity contribution in [2.75, 3.05) is 39.6 Å². The van der Waals surface area contributed by atoms with Gasteiger partial charge in [-0.1, -0.05) is 37.4 Å². The Hall–Kier alpha value is -9.40. The van der Waals surface area contributed by atoms with E-state index in [0.717, 1.165) is 12.2 Å². The van der Waals surface area contributed by atoms with Crippen LogP contribution in [-0.4, -0.2) is 112 Å². The summed E-state index contributed by atoms with van der Waals surface area (Å²) in [5, 5.41) is 2.70. The highest BCUT2D eigenvalue weighted by atomic mass is 16.7. The van der Waals surface area contributed by atoms with Gasteiger partial charge in [0.05, 0.1) is 61.9 Å². The zero-order chi connectivity index (χ0) is 55.0. The molecular weight excluding hydrogens is 1020 g/mol. The monoisotopic (exact) mass is 1070 g/mol. The molecule has 0 N–H and O–H groups in total. The van der Waals surface area contributed by atoms with E-state index < -0.39 is 72.5 Å². The maximum absolute atomic E-state index is 13.2. The minimum atomic E-state index is -0.893. The summed E-state index contributed by atoms with van der Waals surface area (Å²) in [5.74, 6) is -2.90. The summed E-state index contributed by atoms with van der Waals surface area (Å²) in [5.41, 5.74) is 0.833. The van der Waals surface area contributed by atoms with Crippen molar-refractivity contribution in [2.45, 2.75) is 50.1 Å². The molecule has 8 rings (SSSR count). The normalized spacial score (nSPS) is 16.2. The van der Waals surface area contributed by atoms with Crippen molar-refractivity contribution in [3.63, 3.8) is 0 Å². The second-order valence-electron chi connectivity index (χ2n) is 17.3. The number of fused-ring (bicyclic) bond motifs is 3. The first-order chi connectivity index (χ1) is 37.8. The number of esters is 6. The molecule has 3 unspecified atom stereocenters. The second kappa shape index (κ2) is 26.4. The third-order valence-electron chi connectivity index (χ3n) is 11.9. The molecule has 20 heteroatoms. The molecule has 0 radical (unpaired) electrons. The number of unbranched alkanes of at least 4 members (excludes halogenated alkanes) is 2. The molecule has 2 aliphatic rings. The topological polar surface area (TPSA) is 247 Å². The van der Waals surface area contributed by atoms with E-state index in [-0.39, 0.29) is 84.9 Å². The number of hydrogen-bond acceptors (Lipinski definition) is 20. The van der Waals surface area contributed by atoms with E-state index >= 15 is 0 Å². The first-order valence-electron chi connectivity index (χ1n) is 24.5. The Kier molecular flexibility index (Phi) is 18.6. The van der Waals surface area contributed by atoms with Crippen LogP contribution in [-0.2, 0) is 47.5 Å². The molecular formula is C58H50O20. The smallest absolute Gasteiger partial charge is 0.463 e. The maximum Gasteiger partial charge on any atom is 0.513 e. The van der Waals surface area contributed by atoms with E-state index in [2.05, 4.69) is 13.2 Å². The molecule has 20 nitrogen and oxygen atoms in total. The fourth-order valence-corrected chi connectivity index (χ4v) is 7.95. The van der Waals surface area contributed by atoms with Gasteiger partial charge in [0.15, 0.2) is 12.2 Å². The average Bonchev–Trinajstić information content (AvgIpc) is 4.07. The molecule has 0 spiro atoms. The fourth-order valence-electron chi connectivity index (χ4n) is 7.95. The van der Waals surface area contributed by atoms with E-state index in [1.807, 2.05) is 0 Å². The Bertz CT molecular complexity index is 3000. The van der Waals surface area contributed by atoms with Crippen molar-refractivity contribution >= 4 is 69.7 Å². The molecule has 2 saturated heterocycles. The third-order valence-corrected chi connectivity index (χ3v) is 11.9. The predicted molar refractivity (Wildman–Crippen MR) is 273 cm³/mol. The Morgan fingerprint density at radius 2 is 0.731 bits per heavy atom. The van der Waals surface area contributed by atoms with Gasteiger partial charge in [0.1, 0.15) is 35.2 Å². The van der Waals surface area contributed by atoms with E-state index in [1.165, 1.54) is 48.5 Å². The number of carbonyl (C=O) groups is 8. The molecule has 4 atom stereocenters. The Morgan fingerprint density at radius 3 is 1.12 bits per heavy atom. The molecule has 0 bridgehead atoms. The highest BCUT2D eigenvalue weighted by Crippen LogP contribution is 2.32. The van der Waals surface area contributed by atoms with Crippen LogP contribution >= 0.6 is 0 Å². The molecule has 2 aliphatic heterocycles. The quantitative estimate of drug-likeness (QED) is 0.0154. The summed E-state index contributed by atoms with van der Waals surface area (Å²) < 4.78 is 64.7. The largest absolute Gasteiger partial charge is 0.513 e. The lowest BCUT2D eigenvalue weighted by Gasteiger charge is -2.17. The van der Waals surface area contributed by atoms with Crippen LogP contribution in [0.5, 0.6) is 23.0 Å². The summed E-state index contributed by atoms with van der Waals surface area (Å²) in [7, 11) is 0. The van der Waals surface area contributed by atoms with Crippen molar-refractivity contribution in [2.24, 2.45) is 0 Å². The van der Waals surface area contributed by atoms with Gasteiger partial charge in [-0.05, 0) is 144 Å². The molecule has 0 aliphatic carbocycles. The van der Waals surface area contributed by atoms with E-state index in [9.17, 15) is 38.4 Å². The second-order valence-corrected chi connectivity index (χ2v) is 17.3. The fraction of sp³-hybridized carbons (Fsp3) is 0.241. The summed E-state index contributed by atoms with van der Waals surface area (Å²) in [4.78, 5) is 99.0. The van der Waals surface area contributed by atoms with Gasteiger partial charge < -0.3 is 56.8 Å². The van der Waals surface area contributed by atoms with Crippen LogP contribution in [0.3, 0.4) is 0 Å². The van der Waals surface area contributed by atoms with Gasteiger partial charge in [-0.25, -0.2) is 38.4 Å². The number of carbonyl (C=O) groups excluding carboxylic acids is 8. The number of rotatable bonds is 22. The van der Waals surface area contributed by atoms with E-state index in [0.29, 0.717) is 47.2 Å². The average molecular weight is 1070 g/mol. The van der Waals surface area contributed by atoms with Crippen molar-refractivity contribution in [3.8, 4) is 23.0 Å². The van der Waals surface area contributed by atoms with Crippen molar-refractivity contribution in [1.82, 2.24) is 0 Å². The molecule has 0 aromatic heterocycles. The minimum Gasteiger partial charge on any atom is -0.463 e. The summed E-state index contributed by atoms with van der Waals surface area (Å²) >= 11 is 0. The highest BCUT2D eigenvalue weighted by Gasteiger charge is 2.51. The molecule has 6 aromatic rings. The molecule has 0 saturated carbocycles. The van der Waals surface area contributed by atoms with Gasteiger partial charge >= 0.3 is 48.1 Å². The Morgan fingerprint density at radius 1 is 0.397 bits per heavy atom. The van der Waals surface area contributed by atoms with Gasteiger partial charge in [-0.3, -0.25) is 0 Å². The minimum absolute atomic E-state index is 0.0128. The summed E-state index contributed by atoms with van der Waals surface area (Å²) in [6.07, 6.45) is -0.778. The Labute approximate surface area is 445 Å². The molecule has 6 aromatic carbocycles. The molecule has 78 heavy (non-hydrogen) atoms. The van der Waals surface area contributed by atoms with Crippen LogP contribution in [0, 0.1) is 0 Å². The van der Waals surface area contributed by atoms with Gasteiger partial charge in [0.25, 0.3) is 0 Å². The van der Waals surface area contributed by atoms with E-state index in [1.54, 1.807) is 72.8 Å². The predicted octanol–water partition coefficient (Wildman–Crippen LogP) is 9.03. The summed E-state index contributed by atoms with van der Waals surface area (Å²) in [6, 6.07) is 30.9. The third kappa shape index (κ3) is 14.9. The number of ether oxygens (including phenoxy) is 12. The van der Waals surface area contributed by atoms with Crippen LogP contribution in [0.4, 0.5) is 9.59 Å². The lowest BCUT2D eigenvalue weighted by atomic mass is 10.1. The van der Waals surface area contributed by atoms with Crippen molar-refractivity contribution in [1.29, 1.82) is 0 Å². The van der Waals surface area contributed by atoms with Crippen LogP contribution in [0.25, 0.3) is 21.5 Å². The molecule has 0 amide bonds. The van der Waals surface area contributed by atoms with Gasteiger partial charge in [-0.2, -0.15) is 0 Å². The SMILES string of the molecule is C=CC(=O)OCCCCOC(=O)Oc1ccc2cc(C(=O)Oc3ccc(C(=O)OC4COC5C4OC[C@H]5OC(=O)c4ccc(OC(=O)c5ccc6cc(OC(=O)OCCCCOC(=O)C=C)ccc6c5)cc4)cc3)ccc2c1. The van der Waals surface area contributed by atoms with Gasteiger partial charge in [0.2, 0.25) is 0 Å². The molecule has 2 fully saturated rings.